The minimum atomic E-state index is -5.02. The third-order valence-corrected chi connectivity index (χ3v) is 11.5. The molecule has 12 nitrogen and oxygen atoms in total. The van der Waals surface area contributed by atoms with Gasteiger partial charge in [-0.1, -0.05) is 147 Å². The molecule has 0 aliphatic heterocycles. The Bertz CT molecular complexity index is 1100. The number of carbonyl (C=O) groups excluding carboxylic acids is 1. The number of carbonyl (C=O) groups is 1. The fourth-order valence-corrected chi connectivity index (χ4v) is 7.75. The van der Waals surface area contributed by atoms with Gasteiger partial charge in [0.05, 0.1) is 13.2 Å². The first-order valence-corrected chi connectivity index (χ1v) is 24.3. The average molecular weight is 847 g/mol. The van der Waals surface area contributed by atoms with Gasteiger partial charge in [0.2, 0.25) is 0 Å². The first-order valence-electron chi connectivity index (χ1n) is 22.8. The molecule has 1 aliphatic carbocycles. The summed E-state index contributed by atoms with van der Waals surface area (Å²) in [7, 11) is -5.02. The van der Waals surface area contributed by atoms with Gasteiger partial charge >= 0.3 is 13.8 Å². The maximum atomic E-state index is 12.8. The summed E-state index contributed by atoms with van der Waals surface area (Å²) in [5.74, 6) is -0.485. The van der Waals surface area contributed by atoms with Gasteiger partial charge in [-0.3, -0.25) is 13.8 Å². The fourth-order valence-electron chi connectivity index (χ4n) is 6.78. The second kappa shape index (κ2) is 36.2. The number of esters is 1. The lowest BCUT2D eigenvalue weighted by Crippen LogP contribution is -2.64. The van der Waals surface area contributed by atoms with Crippen LogP contribution in [0.3, 0.4) is 0 Å². The molecule has 0 bridgehead atoms. The number of hydrogen-bond acceptors (Lipinski definition) is 11. The number of unbranched alkanes of at least 4 members (excludes halogenated alkanes) is 20. The van der Waals surface area contributed by atoms with Crippen molar-refractivity contribution in [3.63, 3.8) is 0 Å². The number of aliphatic hydroxyl groups excluding tert-OH is 5. The zero-order chi connectivity index (χ0) is 42.7. The molecule has 13 heteroatoms. The van der Waals surface area contributed by atoms with Crippen molar-refractivity contribution in [2.24, 2.45) is 0 Å². The van der Waals surface area contributed by atoms with Crippen LogP contribution >= 0.6 is 7.82 Å². The number of ether oxygens (including phenoxy) is 2. The van der Waals surface area contributed by atoms with E-state index in [1.54, 1.807) is 0 Å². The van der Waals surface area contributed by atoms with Crippen molar-refractivity contribution >= 4 is 13.8 Å². The molecule has 0 aromatic carbocycles. The number of hydrogen-bond donors (Lipinski definition) is 6. The minimum absolute atomic E-state index is 0.0821. The zero-order valence-electron chi connectivity index (χ0n) is 36.1. The Morgan fingerprint density at radius 1 is 0.552 bits per heavy atom. The van der Waals surface area contributed by atoms with Crippen LogP contribution in [0.5, 0.6) is 0 Å². The Morgan fingerprint density at radius 3 is 1.52 bits per heavy atom. The maximum absolute atomic E-state index is 12.8. The van der Waals surface area contributed by atoms with E-state index < -0.39 is 63.1 Å². The van der Waals surface area contributed by atoms with Crippen LogP contribution in [0.15, 0.2) is 36.5 Å². The Hall–Kier alpha value is -1.44. The van der Waals surface area contributed by atoms with Crippen LogP contribution in [0.2, 0.25) is 0 Å². The molecular weight excluding hydrogens is 763 g/mol. The summed E-state index contributed by atoms with van der Waals surface area (Å²) < 4.78 is 34.1. The molecule has 0 radical (unpaired) electrons. The van der Waals surface area contributed by atoms with Gasteiger partial charge < -0.3 is 39.9 Å². The molecule has 6 atom stereocenters. The molecule has 1 rings (SSSR count). The molecule has 0 heterocycles. The van der Waals surface area contributed by atoms with Gasteiger partial charge in [0.15, 0.2) is 0 Å². The molecule has 1 fully saturated rings. The van der Waals surface area contributed by atoms with E-state index in [0.29, 0.717) is 13.0 Å². The highest BCUT2D eigenvalue weighted by atomic mass is 31.2. The normalized spacial score (nSPS) is 23.0. The molecule has 6 N–H and O–H groups in total. The molecule has 0 spiro atoms. The van der Waals surface area contributed by atoms with E-state index in [0.717, 1.165) is 70.6 Å². The number of rotatable bonds is 38. The van der Waals surface area contributed by atoms with Crippen molar-refractivity contribution in [2.45, 2.75) is 224 Å². The molecule has 0 aromatic rings. The molecule has 340 valence electrons. The first kappa shape index (κ1) is 54.6. The minimum Gasteiger partial charge on any atom is -0.457 e. The maximum Gasteiger partial charge on any atom is 0.472 e. The summed E-state index contributed by atoms with van der Waals surface area (Å²) >= 11 is 0. The summed E-state index contributed by atoms with van der Waals surface area (Å²) in [4.78, 5) is 23.1. The van der Waals surface area contributed by atoms with Crippen molar-refractivity contribution in [3.05, 3.63) is 36.5 Å². The van der Waals surface area contributed by atoms with E-state index in [1.165, 1.54) is 83.5 Å². The average Bonchev–Trinajstić information content (AvgIpc) is 3.21. The third kappa shape index (κ3) is 28.2. The Kier molecular flexibility index (Phi) is 34.1. The van der Waals surface area contributed by atoms with E-state index in [1.807, 2.05) is 0 Å². The molecule has 0 aromatic heterocycles. The second-order valence-electron chi connectivity index (χ2n) is 15.9. The van der Waals surface area contributed by atoms with Gasteiger partial charge in [-0.2, -0.15) is 0 Å². The van der Waals surface area contributed by atoms with E-state index in [9.17, 15) is 39.8 Å². The van der Waals surface area contributed by atoms with Gasteiger partial charge in [-0.15, -0.1) is 0 Å². The van der Waals surface area contributed by atoms with Gasteiger partial charge in [-0.05, 0) is 64.2 Å². The lowest BCUT2D eigenvalue weighted by atomic mass is 9.85. The smallest absolute Gasteiger partial charge is 0.457 e. The van der Waals surface area contributed by atoms with Crippen molar-refractivity contribution < 1.29 is 58.3 Å². The largest absolute Gasteiger partial charge is 0.472 e. The summed E-state index contributed by atoms with van der Waals surface area (Å²) in [5.41, 5.74) is 0. The van der Waals surface area contributed by atoms with Crippen molar-refractivity contribution in [2.75, 3.05) is 19.8 Å². The zero-order valence-corrected chi connectivity index (χ0v) is 37.0. The van der Waals surface area contributed by atoms with Crippen LogP contribution in [0.1, 0.15) is 181 Å². The van der Waals surface area contributed by atoms with Crippen LogP contribution in [-0.2, 0) is 27.9 Å². The standard InChI is InChI=1S/C45H83O12P/c1-3-5-7-9-11-13-15-17-18-19-20-21-22-23-24-26-28-30-32-34-39(46)56-38(36-54-35-33-31-29-27-25-16-14-12-10-8-6-4-2)37-55-58(52,53)57-45-43(50)41(48)40(47)42(49)44(45)51/h10-13,17-18,38,40-45,47-51H,3-9,14-16,19-37H2,1-2H3,(H,52,53)/b12-10-,13-11-,18-17-. The van der Waals surface area contributed by atoms with Crippen molar-refractivity contribution in [1.29, 1.82) is 0 Å². The third-order valence-electron chi connectivity index (χ3n) is 10.5. The molecule has 6 unspecified atom stereocenters. The van der Waals surface area contributed by atoms with Crippen LogP contribution < -0.4 is 0 Å². The van der Waals surface area contributed by atoms with E-state index in [2.05, 4.69) is 50.3 Å². The van der Waals surface area contributed by atoms with Gasteiger partial charge in [0.1, 0.15) is 42.7 Å². The van der Waals surface area contributed by atoms with Gasteiger partial charge in [0.25, 0.3) is 0 Å². The molecule has 1 aliphatic rings. The highest BCUT2D eigenvalue weighted by molar-refractivity contribution is 7.47. The molecule has 58 heavy (non-hydrogen) atoms. The highest BCUT2D eigenvalue weighted by Gasteiger charge is 2.51. The molecule has 0 saturated heterocycles. The van der Waals surface area contributed by atoms with Crippen LogP contribution in [0, 0.1) is 0 Å². The number of allylic oxidation sites excluding steroid dienone is 6. The van der Waals surface area contributed by atoms with Crippen LogP contribution in [-0.4, -0.2) is 98.9 Å². The van der Waals surface area contributed by atoms with Gasteiger partial charge in [-0.25, -0.2) is 4.57 Å². The lowest BCUT2D eigenvalue weighted by molar-refractivity contribution is -0.220. The van der Waals surface area contributed by atoms with E-state index in [4.69, 9.17) is 18.5 Å². The number of phosphoric acid groups is 1. The van der Waals surface area contributed by atoms with E-state index in [-0.39, 0.29) is 13.0 Å². The summed E-state index contributed by atoms with van der Waals surface area (Å²) in [6.07, 6.45) is 29.3. The van der Waals surface area contributed by atoms with Crippen LogP contribution in [0.25, 0.3) is 0 Å². The quantitative estimate of drug-likeness (QED) is 0.0150. The lowest BCUT2D eigenvalue weighted by Gasteiger charge is -2.41. The summed E-state index contributed by atoms with van der Waals surface area (Å²) in [6, 6.07) is 0. The number of aliphatic hydroxyl groups is 5. The van der Waals surface area contributed by atoms with E-state index >= 15 is 0 Å². The van der Waals surface area contributed by atoms with Crippen molar-refractivity contribution in [1.82, 2.24) is 0 Å². The van der Waals surface area contributed by atoms with Gasteiger partial charge in [0, 0.05) is 13.0 Å². The SMILES string of the molecule is CCCC/C=C\CCCCCCCCOCC(COP(=O)(O)OC1C(O)C(O)C(O)C(O)C1O)OC(=O)CCCCCCCCCCC/C=C\C/C=C\CCCCC. The molecular formula is C45H83O12P. The fraction of sp³-hybridized carbons (Fsp3) is 0.844. The predicted octanol–water partition coefficient (Wildman–Crippen LogP) is 9.09. The molecule has 1 saturated carbocycles. The summed E-state index contributed by atoms with van der Waals surface area (Å²) in [6.45, 7) is 4.18. The topological polar surface area (TPSA) is 192 Å². The Morgan fingerprint density at radius 2 is 0.983 bits per heavy atom. The summed E-state index contributed by atoms with van der Waals surface area (Å²) in [5, 5.41) is 50.1. The first-order chi connectivity index (χ1) is 28.0. The predicted molar refractivity (Wildman–Crippen MR) is 230 cm³/mol. The molecule has 0 amide bonds. The van der Waals surface area contributed by atoms with Crippen molar-refractivity contribution in [3.8, 4) is 0 Å². The Labute approximate surface area is 351 Å². The second-order valence-corrected chi connectivity index (χ2v) is 17.3. The Balaban J connectivity index is 2.38. The highest BCUT2D eigenvalue weighted by Crippen LogP contribution is 2.47. The van der Waals surface area contributed by atoms with Crippen LogP contribution in [0.4, 0.5) is 0 Å². The number of phosphoric ester groups is 1. The monoisotopic (exact) mass is 847 g/mol.